The van der Waals surface area contributed by atoms with E-state index in [9.17, 15) is 55.9 Å². The van der Waals surface area contributed by atoms with E-state index in [0.29, 0.717) is 131 Å². The van der Waals surface area contributed by atoms with Gasteiger partial charge in [-0.05, 0) is 161 Å². The number of carbonyl (C=O) groups is 8. The number of benzene rings is 8. The minimum Gasteiger partial charge on any atom is -0.496 e. The second kappa shape index (κ2) is 42.9. The Hall–Kier alpha value is -15.0. The van der Waals surface area contributed by atoms with Crippen molar-refractivity contribution in [2.24, 2.45) is 22.9 Å². The van der Waals surface area contributed by atoms with Gasteiger partial charge in [0.15, 0.2) is 0 Å². The standard InChI is InChI=1S/4C24H26FN5O3/c1-14-2-7-17(25)12-19(14)24(32)28-13-15-3-5-16(6-4-15)21-20(23(27)31)22(26)30(29-21)18-8-10-33-11-9-18;1-33-19-9-5-4-8-17(19)24(32)28-13-15-12-14(10-11-18(15)25)21-20(23(27)31)22(26)30(29-21)16-6-2-3-7-16;1-14-5-2-3-7-18(14)24(32)28-12-16-9-8-15(11-19(16)25)21-20(23(27)31)22(26)30(29-21)17-6-4-10-33-13-17;1-14-4-2-3-5-18(14)24(32)28-13-16-7-6-15(12-19(16)25)21-20(23(27)31)22(26)30(29-21)17-8-10-33-11-9-17/h2-7,12,18H,8-11,13,26H2,1H3,(H2,27,31)(H,28,32);4-5,8-12,16H,2-3,6-7,13,26H2,1H3,(H2,27,31)(H,28,32);2-3,5,7-9,11,17H,4,6,10,12-13,26H2,1H3,(H2,27,31)(H,28,32);2-7,12,17H,8-11,13,26H2,1H3,(H2,27,31)(H,28,32). The number of nitrogen functional groups attached to an aromatic ring is 4. The molecule has 12 aromatic rings. The molecule has 7 heterocycles. The van der Waals surface area contributed by atoms with E-state index in [2.05, 4.69) is 41.7 Å². The molecule has 3 aliphatic heterocycles. The zero-order valence-corrected chi connectivity index (χ0v) is 73.2. The van der Waals surface area contributed by atoms with E-state index in [4.69, 9.17) is 64.8 Å². The fraction of sp³-hybridized carbons (Fsp3) is 0.292. The van der Waals surface area contributed by atoms with Crippen molar-refractivity contribution in [3.8, 4) is 50.8 Å². The molecule has 16 rings (SSSR count). The number of aromatic nitrogens is 8. The van der Waals surface area contributed by atoms with E-state index in [-0.39, 0.29) is 131 Å². The van der Waals surface area contributed by atoms with Crippen LogP contribution in [0.1, 0.15) is 210 Å². The zero-order chi connectivity index (χ0) is 94.1. The number of hydrogen-bond donors (Lipinski definition) is 12. The Morgan fingerprint density at radius 2 is 0.727 bits per heavy atom. The molecule has 0 bridgehead atoms. The largest absolute Gasteiger partial charge is 0.496 e. The average Bonchev–Trinajstić information content (AvgIpc) is 2.06. The first kappa shape index (κ1) is 94.6. The Labute approximate surface area is 757 Å². The summed E-state index contributed by atoms with van der Waals surface area (Å²) in [6.45, 7) is 9.11. The molecule has 8 amide bonds. The predicted octanol–water partition coefficient (Wildman–Crippen LogP) is 12.3. The summed E-state index contributed by atoms with van der Waals surface area (Å²) in [6.07, 6.45) is 8.56. The molecule has 32 nitrogen and oxygen atoms in total. The van der Waals surface area contributed by atoms with Crippen molar-refractivity contribution in [2.45, 2.75) is 135 Å². The Kier molecular flexibility index (Phi) is 30.7. The van der Waals surface area contributed by atoms with E-state index >= 15 is 0 Å². The summed E-state index contributed by atoms with van der Waals surface area (Å²) in [7, 11) is 1.47. The quantitative estimate of drug-likeness (QED) is 0.0236. The number of para-hydroxylation sites is 1. The molecular weight excluding hydrogens is 1700 g/mol. The Balaban J connectivity index is 0.000000150. The SMILES string of the molecule is COc1ccccc1C(=O)NCc1cc(-c2nn(C3CCCC3)c(N)c2C(N)=O)ccc1F.Cc1ccc(F)cc1C(=O)NCc1ccc(-c2nn(C3CCOCC3)c(N)c2C(N)=O)cc1.Cc1ccccc1C(=O)NCc1ccc(-c2nn(C3CCCOC3)c(N)c2C(N)=O)cc1F.Cc1ccccc1C(=O)NCc1ccc(-c2nn(C3CCOCC3)c(N)c2C(N)=O)cc1F. The Morgan fingerprint density at radius 1 is 0.364 bits per heavy atom. The van der Waals surface area contributed by atoms with Crippen LogP contribution in [0.4, 0.5) is 40.8 Å². The second-order valence-corrected chi connectivity index (χ2v) is 32.3. The summed E-state index contributed by atoms with van der Waals surface area (Å²) in [6, 6.07) is 45.8. The molecule has 1 unspecified atom stereocenters. The predicted molar refractivity (Wildman–Crippen MR) is 488 cm³/mol. The monoisotopic (exact) mass is 1800 g/mol. The van der Waals surface area contributed by atoms with Crippen molar-refractivity contribution in [1.29, 1.82) is 0 Å². The first-order valence-corrected chi connectivity index (χ1v) is 43.0. The summed E-state index contributed by atoms with van der Waals surface area (Å²) in [5.41, 5.74) is 56.6. The number of halogens is 4. The minimum absolute atomic E-state index is 0.0119. The number of nitrogens with one attached hydrogen (secondary N) is 4. The van der Waals surface area contributed by atoms with Crippen LogP contribution in [0.15, 0.2) is 170 Å². The number of methoxy groups -OCH3 is 1. The van der Waals surface area contributed by atoms with E-state index in [1.54, 1.807) is 123 Å². The van der Waals surface area contributed by atoms with Crippen molar-refractivity contribution < 1.29 is 74.9 Å². The van der Waals surface area contributed by atoms with Crippen molar-refractivity contribution in [1.82, 2.24) is 60.4 Å². The van der Waals surface area contributed by atoms with Gasteiger partial charge in [0.2, 0.25) is 0 Å². The van der Waals surface area contributed by atoms with Crippen molar-refractivity contribution in [2.75, 3.05) is 69.7 Å². The van der Waals surface area contributed by atoms with Crippen molar-refractivity contribution in [3.05, 3.63) is 277 Å². The zero-order valence-electron chi connectivity index (χ0n) is 73.2. The summed E-state index contributed by atoms with van der Waals surface area (Å²) < 4.78 is 85.8. The van der Waals surface area contributed by atoms with Crippen LogP contribution in [0.5, 0.6) is 5.75 Å². The highest BCUT2D eigenvalue weighted by Gasteiger charge is 2.33. The number of nitrogens with zero attached hydrogens (tertiary/aromatic N) is 8. The summed E-state index contributed by atoms with van der Waals surface area (Å²) in [5, 5.41) is 29.2. The van der Waals surface area contributed by atoms with Gasteiger partial charge in [0.25, 0.3) is 47.3 Å². The molecule has 1 saturated carbocycles. The fourth-order valence-electron chi connectivity index (χ4n) is 16.3. The average molecular weight is 1810 g/mol. The maximum atomic E-state index is 14.9. The number of rotatable bonds is 25. The van der Waals surface area contributed by atoms with E-state index in [0.717, 1.165) is 68.1 Å². The fourth-order valence-corrected chi connectivity index (χ4v) is 16.3. The third-order valence-electron chi connectivity index (χ3n) is 23.5. The molecule has 0 spiro atoms. The van der Waals surface area contributed by atoms with Gasteiger partial charge in [-0.25, -0.2) is 36.3 Å². The van der Waals surface area contributed by atoms with Crippen LogP contribution in [0.25, 0.3) is 45.0 Å². The molecule has 4 aliphatic rings. The van der Waals surface area contributed by atoms with Gasteiger partial charge in [0.1, 0.15) is 97.3 Å². The number of amides is 8. The van der Waals surface area contributed by atoms with Crippen molar-refractivity contribution >= 4 is 70.5 Å². The van der Waals surface area contributed by atoms with E-state index in [1.807, 2.05) is 50.2 Å². The third kappa shape index (κ3) is 21.9. The number of hydrogen-bond acceptors (Lipinski definition) is 20. The summed E-state index contributed by atoms with van der Waals surface area (Å²) >= 11 is 0. The summed E-state index contributed by atoms with van der Waals surface area (Å²) in [4.78, 5) is 98.4. The van der Waals surface area contributed by atoms with Gasteiger partial charge in [-0.15, -0.1) is 0 Å². The molecule has 132 heavy (non-hydrogen) atoms. The van der Waals surface area contributed by atoms with Gasteiger partial charge in [0, 0.05) is 115 Å². The number of nitrogens with two attached hydrogens (primary N) is 8. The van der Waals surface area contributed by atoms with Crippen LogP contribution >= 0.6 is 0 Å². The van der Waals surface area contributed by atoms with Gasteiger partial charge in [-0.2, -0.15) is 20.4 Å². The van der Waals surface area contributed by atoms with Gasteiger partial charge in [0.05, 0.1) is 43.4 Å². The third-order valence-corrected chi connectivity index (χ3v) is 23.5. The molecule has 20 N–H and O–H groups in total. The molecule has 4 fully saturated rings. The minimum atomic E-state index is -0.736. The Bertz CT molecular complexity index is 6100. The normalized spacial score (nSPS) is 14.5. The smallest absolute Gasteiger partial charge is 0.255 e. The van der Waals surface area contributed by atoms with Gasteiger partial charge in [-0.3, -0.25) is 38.4 Å². The molecule has 688 valence electrons. The highest BCUT2D eigenvalue weighted by molar-refractivity contribution is 6.06. The second-order valence-electron chi connectivity index (χ2n) is 32.3. The molecule has 8 aromatic carbocycles. The van der Waals surface area contributed by atoms with Crippen molar-refractivity contribution in [3.63, 3.8) is 0 Å². The van der Waals surface area contributed by atoms with Crippen LogP contribution in [-0.4, -0.2) is 133 Å². The molecule has 4 aromatic heterocycles. The van der Waals surface area contributed by atoms with Crippen LogP contribution in [0, 0.1) is 44.0 Å². The molecule has 1 aliphatic carbocycles. The molecule has 0 radical (unpaired) electrons. The first-order chi connectivity index (χ1) is 63.5. The van der Waals surface area contributed by atoms with Gasteiger partial charge >= 0.3 is 0 Å². The maximum Gasteiger partial charge on any atom is 0.255 e. The number of primary amides is 4. The topological polar surface area (TPSA) is 501 Å². The van der Waals surface area contributed by atoms with E-state index in [1.165, 1.54) is 43.5 Å². The van der Waals surface area contributed by atoms with Crippen LogP contribution < -0.4 is 71.9 Å². The lowest BCUT2D eigenvalue weighted by atomic mass is 10.0. The van der Waals surface area contributed by atoms with Crippen LogP contribution in [0.3, 0.4) is 0 Å². The first-order valence-electron chi connectivity index (χ1n) is 43.0. The number of carbonyl (C=O) groups excluding carboxylic acids is 8. The van der Waals surface area contributed by atoms with Gasteiger partial charge in [-0.1, -0.05) is 116 Å². The lowest BCUT2D eigenvalue weighted by Gasteiger charge is -2.23. The van der Waals surface area contributed by atoms with Gasteiger partial charge < -0.3 is 86.1 Å². The lowest BCUT2D eigenvalue weighted by Crippen LogP contribution is -2.24. The van der Waals surface area contributed by atoms with E-state index < -0.39 is 52.8 Å². The molecule has 36 heteroatoms. The molecule has 1 atom stereocenters. The maximum absolute atomic E-state index is 14.9. The number of aryl methyl sites for hydroxylation is 3. The number of ether oxygens (including phenoxy) is 4. The Morgan fingerprint density at radius 3 is 1.16 bits per heavy atom. The molecular formula is C96H104F4N20O12. The lowest BCUT2D eigenvalue weighted by molar-refractivity contribution is 0.0558. The highest BCUT2D eigenvalue weighted by atomic mass is 19.1. The highest BCUT2D eigenvalue weighted by Crippen LogP contribution is 2.40. The molecule has 3 saturated heterocycles. The van der Waals surface area contributed by atoms with Crippen LogP contribution in [-0.2, 0) is 40.4 Å². The summed E-state index contributed by atoms with van der Waals surface area (Å²) in [5.74, 6) is -4.93. The van der Waals surface area contributed by atoms with Crippen LogP contribution in [0.2, 0.25) is 0 Å². The number of anilines is 4.